The highest BCUT2D eigenvalue weighted by Gasteiger charge is 2.40. The number of rotatable bonds is 8. The van der Waals surface area contributed by atoms with E-state index in [1.165, 1.54) is 11.0 Å². The quantitative estimate of drug-likeness (QED) is 0.249. The molecule has 1 aromatic heterocycles. The van der Waals surface area contributed by atoms with Crippen LogP contribution < -0.4 is 25.8 Å². The van der Waals surface area contributed by atoms with Gasteiger partial charge in [0.1, 0.15) is 11.9 Å². The number of carbonyl (C=O) groups excluding carboxylic acids is 3. The lowest BCUT2D eigenvalue weighted by atomic mass is 10.0. The molecule has 0 saturated carbocycles. The number of alkyl halides is 3. The summed E-state index contributed by atoms with van der Waals surface area (Å²) >= 11 is 5.78. The van der Waals surface area contributed by atoms with Crippen LogP contribution in [0.3, 0.4) is 0 Å². The molecule has 0 aliphatic carbocycles. The number of aromatic nitrogens is 2. The first-order valence-electron chi connectivity index (χ1n) is 14.5. The van der Waals surface area contributed by atoms with Gasteiger partial charge < -0.3 is 25.3 Å². The number of piperazine rings is 1. The van der Waals surface area contributed by atoms with Gasteiger partial charge in [0, 0.05) is 80.9 Å². The van der Waals surface area contributed by atoms with E-state index < -0.39 is 23.7 Å². The van der Waals surface area contributed by atoms with Gasteiger partial charge >= 0.3 is 6.18 Å². The summed E-state index contributed by atoms with van der Waals surface area (Å²) in [5.41, 5.74) is 1.75. The zero-order valence-electron chi connectivity index (χ0n) is 24.0. The number of hydrogen-bond donors (Lipinski definition) is 3. The molecule has 3 aliphatic rings. The number of imide groups is 1. The van der Waals surface area contributed by atoms with Gasteiger partial charge in [-0.15, -0.1) is 0 Å². The normalized spacial score (nSPS) is 18.6. The van der Waals surface area contributed by atoms with E-state index in [2.05, 4.69) is 30.8 Å². The first kappa shape index (κ1) is 30.4. The van der Waals surface area contributed by atoms with E-state index in [1.807, 2.05) is 11.0 Å². The second kappa shape index (κ2) is 12.4. The van der Waals surface area contributed by atoms with Crippen LogP contribution in [0.1, 0.15) is 34.3 Å². The lowest BCUT2D eigenvalue weighted by Gasteiger charge is -2.37. The first-order valence-corrected chi connectivity index (χ1v) is 14.9. The van der Waals surface area contributed by atoms with E-state index in [4.69, 9.17) is 11.6 Å². The van der Waals surface area contributed by atoms with Crippen molar-refractivity contribution in [1.82, 2.24) is 20.2 Å². The summed E-state index contributed by atoms with van der Waals surface area (Å²) in [6.45, 7) is 3.41. The monoisotopic (exact) mass is 642 g/mol. The van der Waals surface area contributed by atoms with Crippen molar-refractivity contribution in [3.8, 4) is 0 Å². The van der Waals surface area contributed by atoms with Crippen LogP contribution in [0, 0.1) is 0 Å². The largest absolute Gasteiger partial charge is 0.417 e. The molecule has 45 heavy (non-hydrogen) atoms. The van der Waals surface area contributed by atoms with E-state index in [-0.39, 0.29) is 29.8 Å². The maximum Gasteiger partial charge on any atom is 0.417 e. The molecule has 11 nitrogen and oxygen atoms in total. The minimum absolute atomic E-state index is 0.197. The summed E-state index contributed by atoms with van der Waals surface area (Å²) in [7, 11) is 0. The van der Waals surface area contributed by atoms with E-state index in [0.29, 0.717) is 68.7 Å². The number of hydrogen-bond acceptors (Lipinski definition) is 9. The third-order valence-corrected chi connectivity index (χ3v) is 8.50. The molecule has 0 spiro atoms. The van der Waals surface area contributed by atoms with Gasteiger partial charge in [0.05, 0.1) is 10.6 Å². The summed E-state index contributed by atoms with van der Waals surface area (Å²) in [5.74, 6) is 0.136. The molecule has 236 valence electrons. The number of fused-ring (bicyclic) bond motifs is 1. The number of piperidine rings is 1. The summed E-state index contributed by atoms with van der Waals surface area (Å²) < 4.78 is 39.9. The zero-order valence-corrected chi connectivity index (χ0v) is 24.8. The van der Waals surface area contributed by atoms with Gasteiger partial charge in [-0.2, -0.15) is 18.2 Å². The SMILES string of the molecule is O=C1CCC(N2Cc3c(NCCNc4nccc(N5CCN(c6ccc(Cl)c(C(F)(F)F)c6)CC5)n4)cccc3C2=O)C(=O)N1. The van der Waals surface area contributed by atoms with Crippen molar-refractivity contribution in [2.45, 2.75) is 31.6 Å². The molecule has 3 N–H and O–H groups in total. The van der Waals surface area contributed by atoms with E-state index in [1.54, 1.807) is 30.5 Å². The van der Waals surface area contributed by atoms with Crippen molar-refractivity contribution in [2.24, 2.45) is 0 Å². The lowest BCUT2D eigenvalue weighted by Crippen LogP contribution is -2.52. The molecule has 1 unspecified atom stereocenters. The summed E-state index contributed by atoms with van der Waals surface area (Å²) in [6.07, 6.45) is -2.37. The number of nitrogens with zero attached hydrogens (tertiary/aromatic N) is 5. The minimum atomic E-state index is -4.52. The lowest BCUT2D eigenvalue weighted by molar-refractivity contribution is -0.138. The number of anilines is 4. The van der Waals surface area contributed by atoms with Crippen molar-refractivity contribution in [3.05, 3.63) is 70.4 Å². The first-order chi connectivity index (χ1) is 21.6. The number of halogens is 4. The van der Waals surface area contributed by atoms with Crippen LogP contribution in [-0.2, 0) is 22.3 Å². The molecule has 0 bridgehead atoms. The molecule has 2 saturated heterocycles. The predicted molar refractivity (Wildman–Crippen MR) is 162 cm³/mol. The van der Waals surface area contributed by atoms with Gasteiger partial charge in [-0.1, -0.05) is 17.7 Å². The molecule has 3 amide bonds. The van der Waals surface area contributed by atoms with Gasteiger partial charge in [0.15, 0.2) is 0 Å². The molecule has 3 aromatic rings. The average Bonchev–Trinajstić information content (AvgIpc) is 3.36. The van der Waals surface area contributed by atoms with Gasteiger partial charge in [0.25, 0.3) is 5.91 Å². The minimum Gasteiger partial charge on any atom is -0.383 e. The molecule has 2 aromatic carbocycles. The Morgan fingerprint density at radius 1 is 0.978 bits per heavy atom. The molecule has 4 heterocycles. The molecule has 2 fully saturated rings. The van der Waals surface area contributed by atoms with Crippen LogP contribution in [0.15, 0.2) is 48.7 Å². The summed E-state index contributed by atoms with van der Waals surface area (Å²) in [4.78, 5) is 51.4. The maximum absolute atomic E-state index is 13.3. The maximum atomic E-state index is 13.3. The zero-order chi connectivity index (χ0) is 31.7. The van der Waals surface area contributed by atoms with Crippen LogP contribution in [-0.4, -0.2) is 77.9 Å². The summed E-state index contributed by atoms with van der Waals surface area (Å²) in [5, 5.41) is 8.54. The van der Waals surface area contributed by atoms with Crippen LogP contribution in [0.25, 0.3) is 0 Å². The summed E-state index contributed by atoms with van der Waals surface area (Å²) in [6, 6.07) is 10.5. The number of carbonyl (C=O) groups is 3. The molecular weight excluding hydrogens is 613 g/mol. The second-order valence-electron chi connectivity index (χ2n) is 11.0. The predicted octanol–water partition coefficient (Wildman–Crippen LogP) is 3.76. The van der Waals surface area contributed by atoms with E-state index >= 15 is 0 Å². The fourth-order valence-electron chi connectivity index (χ4n) is 5.85. The standard InChI is InChI=1S/C30H30ClF3N8O3/c31-22-5-4-18(16-21(22)30(32,33)34)40-12-14-41(15-13-40)25-8-9-36-29(38-25)37-11-10-35-23-3-1-2-19-20(23)17-42(28(19)45)24-6-7-26(43)39-27(24)44/h1-5,8-9,16,24,35H,6-7,10-15,17H2,(H,36,37,38)(H,39,43,44). The van der Waals surface area contributed by atoms with Crippen molar-refractivity contribution >= 4 is 52.5 Å². The van der Waals surface area contributed by atoms with Gasteiger partial charge in [-0.25, -0.2) is 4.98 Å². The Labute approximate surface area is 261 Å². The van der Waals surface area contributed by atoms with E-state index in [9.17, 15) is 27.6 Å². The highest BCUT2D eigenvalue weighted by atomic mass is 35.5. The van der Waals surface area contributed by atoms with Gasteiger partial charge in [-0.3, -0.25) is 19.7 Å². The van der Waals surface area contributed by atoms with E-state index in [0.717, 1.165) is 17.3 Å². The van der Waals surface area contributed by atoms with Crippen LogP contribution >= 0.6 is 11.6 Å². The van der Waals surface area contributed by atoms with Gasteiger partial charge in [0.2, 0.25) is 17.8 Å². The topological polar surface area (TPSA) is 123 Å². The number of benzene rings is 2. The fourth-order valence-corrected chi connectivity index (χ4v) is 6.08. The van der Waals surface area contributed by atoms with Crippen LogP contribution in [0.2, 0.25) is 5.02 Å². The Bertz CT molecular complexity index is 1630. The Morgan fingerprint density at radius 2 is 1.73 bits per heavy atom. The highest BCUT2D eigenvalue weighted by Crippen LogP contribution is 2.37. The van der Waals surface area contributed by atoms with Crippen molar-refractivity contribution in [3.63, 3.8) is 0 Å². The fraction of sp³-hybridized carbons (Fsp3) is 0.367. The third-order valence-electron chi connectivity index (χ3n) is 8.17. The Balaban J connectivity index is 1.01. The smallest absolute Gasteiger partial charge is 0.383 e. The molecule has 3 aliphatic heterocycles. The Hall–Kier alpha value is -4.59. The van der Waals surface area contributed by atoms with Gasteiger partial charge in [-0.05, 0) is 42.8 Å². The third kappa shape index (κ3) is 6.46. The number of nitrogens with one attached hydrogen (secondary N) is 3. The second-order valence-corrected chi connectivity index (χ2v) is 11.4. The Morgan fingerprint density at radius 3 is 2.49 bits per heavy atom. The molecular formula is C30H30ClF3N8O3. The Kier molecular flexibility index (Phi) is 8.40. The molecule has 6 rings (SSSR count). The van der Waals surface area contributed by atoms with Crippen LogP contribution in [0.4, 0.5) is 36.3 Å². The highest BCUT2D eigenvalue weighted by molar-refractivity contribution is 6.31. The molecule has 0 radical (unpaired) electrons. The average molecular weight is 643 g/mol. The number of amides is 3. The van der Waals surface area contributed by atoms with Crippen LogP contribution in [0.5, 0.6) is 0 Å². The van der Waals surface area contributed by atoms with Crippen molar-refractivity contribution in [2.75, 3.05) is 59.7 Å². The van der Waals surface area contributed by atoms with Crippen molar-refractivity contribution < 1.29 is 27.6 Å². The molecule has 15 heteroatoms. The molecule has 1 atom stereocenters. The van der Waals surface area contributed by atoms with Crippen molar-refractivity contribution in [1.29, 1.82) is 0 Å².